The lowest BCUT2D eigenvalue weighted by Crippen LogP contribution is -2.32. The Morgan fingerprint density at radius 1 is 1.44 bits per heavy atom. The van der Waals surface area contributed by atoms with Crippen LogP contribution in [0, 0.1) is 12.1 Å². The summed E-state index contributed by atoms with van der Waals surface area (Å²) in [6.45, 7) is 3.37. The van der Waals surface area contributed by atoms with E-state index in [-0.39, 0.29) is 18.3 Å². The van der Waals surface area contributed by atoms with Crippen molar-refractivity contribution in [2.24, 2.45) is 0 Å². The quantitative estimate of drug-likeness (QED) is 0.444. The highest BCUT2D eigenvalue weighted by Gasteiger charge is 2.24. The summed E-state index contributed by atoms with van der Waals surface area (Å²) in [5.41, 5.74) is 2.60. The Morgan fingerprint density at radius 3 is 3.00 bits per heavy atom. The van der Waals surface area contributed by atoms with Crippen molar-refractivity contribution >= 4 is 28.2 Å². The van der Waals surface area contributed by atoms with Crippen LogP contribution in [0.4, 0.5) is 0 Å². The lowest BCUT2D eigenvalue weighted by molar-refractivity contribution is -0.583. The van der Waals surface area contributed by atoms with E-state index in [2.05, 4.69) is 15.1 Å². The highest BCUT2D eigenvalue weighted by Crippen LogP contribution is 2.27. The number of aromatic nitrogens is 5. The van der Waals surface area contributed by atoms with Crippen molar-refractivity contribution in [1.29, 1.82) is 0 Å². The molecule has 1 atom stereocenters. The van der Waals surface area contributed by atoms with Gasteiger partial charge in [0.05, 0.1) is 12.5 Å². The Balaban J connectivity index is 1.99. The Kier molecular flexibility index (Phi) is 3.59. The van der Waals surface area contributed by atoms with Gasteiger partial charge >= 0.3 is 0 Å². The highest BCUT2D eigenvalue weighted by atomic mass is 35.5. The van der Waals surface area contributed by atoms with E-state index in [9.17, 15) is 10.3 Å². The smallest absolute Gasteiger partial charge is 0.242 e. The van der Waals surface area contributed by atoms with Crippen LogP contribution in [0.3, 0.4) is 0 Å². The summed E-state index contributed by atoms with van der Waals surface area (Å²) >= 11 is 6.01. The molecule has 3 aromatic heterocycles. The molecule has 0 saturated carbocycles. The second kappa shape index (κ2) is 5.68. The maximum atomic E-state index is 12.7. The van der Waals surface area contributed by atoms with Crippen LogP contribution >= 0.6 is 11.6 Å². The molecule has 1 unspecified atom stereocenters. The number of benzene rings is 1. The second-order valence-corrected chi connectivity index (χ2v) is 6.30. The van der Waals surface area contributed by atoms with Crippen molar-refractivity contribution in [2.75, 3.05) is 6.61 Å². The second-order valence-electron chi connectivity index (χ2n) is 5.86. The van der Waals surface area contributed by atoms with Gasteiger partial charge in [0.15, 0.2) is 0 Å². The summed E-state index contributed by atoms with van der Waals surface area (Å²) in [6.07, 6.45) is 1.61. The third kappa shape index (κ3) is 2.33. The number of rotatable bonds is 3. The van der Waals surface area contributed by atoms with Crippen LogP contribution in [0.25, 0.3) is 28.1 Å². The summed E-state index contributed by atoms with van der Waals surface area (Å²) in [6, 6.07) is 5.10. The van der Waals surface area contributed by atoms with E-state index in [1.807, 2.05) is 0 Å². The van der Waals surface area contributed by atoms with Gasteiger partial charge < -0.3 is 14.8 Å². The molecule has 0 spiro atoms. The van der Waals surface area contributed by atoms with Crippen LogP contribution < -0.4 is 4.73 Å². The van der Waals surface area contributed by atoms with Gasteiger partial charge in [0.1, 0.15) is 23.1 Å². The Labute approximate surface area is 146 Å². The van der Waals surface area contributed by atoms with Crippen LogP contribution in [0.1, 0.15) is 24.4 Å². The standard InChI is InChI=1S/C16H14ClN5O3/c1-8(6-23)16-19-15(20-25-16)13-14-9(2)22(24)12-5-10(17)3-4-11(12)21(14)7-18-13/h3-5,7-8,23H,6H2,1-2H3. The maximum absolute atomic E-state index is 12.7. The summed E-state index contributed by atoms with van der Waals surface area (Å²) in [5, 5.41) is 26.3. The monoisotopic (exact) mass is 359 g/mol. The SMILES string of the molecule is Cc1c2c(-c3noc(C(C)CO)n3)ncn2c2ccc(Cl)cc2[n+]1[O-]. The number of aryl methyl sites for hydroxylation is 1. The number of halogens is 1. The summed E-state index contributed by atoms with van der Waals surface area (Å²) < 4.78 is 7.81. The molecule has 0 fully saturated rings. The summed E-state index contributed by atoms with van der Waals surface area (Å²) in [4.78, 5) is 8.66. The number of aliphatic hydroxyl groups excluding tert-OH is 1. The first-order chi connectivity index (χ1) is 12.0. The summed E-state index contributed by atoms with van der Waals surface area (Å²) in [5.74, 6) is 0.316. The molecule has 0 saturated heterocycles. The molecule has 128 valence electrons. The molecule has 1 aromatic carbocycles. The number of nitrogens with zero attached hydrogens (tertiary/aromatic N) is 5. The molecule has 0 aliphatic heterocycles. The zero-order valence-electron chi connectivity index (χ0n) is 13.5. The molecule has 25 heavy (non-hydrogen) atoms. The van der Waals surface area contributed by atoms with Gasteiger partial charge in [0.25, 0.3) is 0 Å². The van der Waals surface area contributed by atoms with Crippen LogP contribution in [0.5, 0.6) is 0 Å². The van der Waals surface area contributed by atoms with Gasteiger partial charge in [0, 0.05) is 18.0 Å². The van der Waals surface area contributed by atoms with E-state index in [4.69, 9.17) is 16.1 Å². The minimum Gasteiger partial charge on any atom is -0.618 e. The summed E-state index contributed by atoms with van der Waals surface area (Å²) in [7, 11) is 0. The maximum Gasteiger partial charge on any atom is 0.242 e. The van der Waals surface area contributed by atoms with Crippen LogP contribution in [0.2, 0.25) is 5.02 Å². The topological polar surface area (TPSA) is 103 Å². The predicted octanol–water partition coefficient (Wildman–Crippen LogP) is 2.23. The van der Waals surface area contributed by atoms with Gasteiger partial charge in [-0.25, -0.2) is 4.98 Å². The minimum atomic E-state index is -0.274. The van der Waals surface area contributed by atoms with E-state index in [1.54, 1.807) is 42.8 Å². The molecule has 4 aromatic rings. The fourth-order valence-electron chi connectivity index (χ4n) is 2.79. The molecule has 3 heterocycles. The molecule has 0 radical (unpaired) electrons. The molecule has 4 rings (SSSR count). The van der Waals surface area contributed by atoms with Gasteiger partial charge in [-0.3, -0.25) is 4.40 Å². The number of aliphatic hydroxyl groups is 1. The van der Waals surface area contributed by atoms with Crippen molar-refractivity contribution in [3.8, 4) is 11.5 Å². The van der Waals surface area contributed by atoms with Crippen molar-refractivity contribution in [3.05, 3.63) is 46.3 Å². The number of fused-ring (bicyclic) bond motifs is 3. The molecule has 9 heteroatoms. The van der Waals surface area contributed by atoms with Crippen molar-refractivity contribution < 1.29 is 14.4 Å². The van der Waals surface area contributed by atoms with E-state index in [0.717, 1.165) is 4.73 Å². The van der Waals surface area contributed by atoms with E-state index in [1.165, 1.54) is 0 Å². The van der Waals surface area contributed by atoms with Gasteiger partial charge in [-0.1, -0.05) is 23.7 Å². The Hall–Kier alpha value is -2.71. The van der Waals surface area contributed by atoms with Crippen molar-refractivity contribution in [3.63, 3.8) is 0 Å². The van der Waals surface area contributed by atoms with Crippen molar-refractivity contribution in [1.82, 2.24) is 19.5 Å². The zero-order chi connectivity index (χ0) is 17.7. The highest BCUT2D eigenvalue weighted by molar-refractivity contribution is 6.31. The molecule has 8 nitrogen and oxygen atoms in total. The Bertz CT molecular complexity index is 1100. The molecule has 0 bridgehead atoms. The van der Waals surface area contributed by atoms with Crippen LogP contribution in [-0.4, -0.2) is 31.2 Å². The van der Waals surface area contributed by atoms with Gasteiger partial charge in [-0.05, 0) is 12.1 Å². The van der Waals surface area contributed by atoms with E-state index in [0.29, 0.717) is 38.9 Å². The van der Waals surface area contributed by atoms with Gasteiger partial charge in [-0.2, -0.15) is 9.71 Å². The molecule has 0 aliphatic rings. The average Bonchev–Trinajstić information content (AvgIpc) is 3.25. The zero-order valence-corrected chi connectivity index (χ0v) is 14.2. The molecule has 0 amide bonds. The van der Waals surface area contributed by atoms with E-state index >= 15 is 0 Å². The first-order valence-corrected chi connectivity index (χ1v) is 8.02. The third-order valence-corrected chi connectivity index (χ3v) is 4.41. The van der Waals surface area contributed by atoms with E-state index < -0.39 is 0 Å². The fraction of sp³-hybridized carbons (Fsp3) is 0.250. The number of imidazole rings is 1. The minimum absolute atomic E-state index is 0.101. The molecular weight excluding hydrogens is 346 g/mol. The predicted molar refractivity (Wildman–Crippen MR) is 90.2 cm³/mol. The average molecular weight is 360 g/mol. The van der Waals surface area contributed by atoms with Gasteiger partial charge in [0.2, 0.25) is 22.9 Å². The molecule has 0 aliphatic carbocycles. The van der Waals surface area contributed by atoms with Crippen LogP contribution in [-0.2, 0) is 0 Å². The third-order valence-electron chi connectivity index (χ3n) is 4.18. The lowest BCUT2D eigenvalue weighted by atomic mass is 10.2. The van der Waals surface area contributed by atoms with Crippen LogP contribution in [0.15, 0.2) is 29.0 Å². The molecule has 1 N–H and O–H groups in total. The normalized spacial score (nSPS) is 13.0. The first kappa shape index (κ1) is 15.8. The number of hydrogen-bond acceptors (Lipinski definition) is 6. The lowest BCUT2D eigenvalue weighted by Gasteiger charge is -2.08. The first-order valence-electron chi connectivity index (χ1n) is 7.64. The van der Waals surface area contributed by atoms with Crippen molar-refractivity contribution in [2.45, 2.75) is 19.8 Å². The van der Waals surface area contributed by atoms with Gasteiger partial charge in [-0.15, -0.1) is 0 Å². The fourth-order valence-corrected chi connectivity index (χ4v) is 2.96. The Morgan fingerprint density at radius 2 is 2.24 bits per heavy atom. The molecular formula is C16H14ClN5O3. The number of hydrogen-bond donors (Lipinski definition) is 1. The largest absolute Gasteiger partial charge is 0.618 e.